The number of rotatable bonds is 8. The van der Waals surface area contributed by atoms with Gasteiger partial charge in [0.25, 0.3) is 0 Å². The fourth-order valence-corrected chi connectivity index (χ4v) is 2.53. The van der Waals surface area contributed by atoms with Crippen LogP contribution in [0.5, 0.6) is 5.75 Å². The van der Waals surface area contributed by atoms with Crippen LogP contribution in [0, 0.1) is 5.41 Å². The minimum absolute atomic E-state index is 0.334. The van der Waals surface area contributed by atoms with Crippen molar-refractivity contribution >= 4 is 0 Å². The Kier molecular flexibility index (Phi) is 5.65. The largest absolute Gasteiger partial charge is 0.492 e. The van der Waals surface area contributed by atoms with Crippen LogP contribution in [-0.4, -0.2) is 37.7 Å². The van der Waals surface area contributed by atoms with E-state index in [-0.39, 0.29) is 0 Å². The minimum atomic E-state index is 0.334. The van der Waals surface area contributed by atoms with Gasteiger partial charge in [0.05, 0.1) is 0 Å². The molecule has 2 rings (SSSR count). The first-order valence-electron chi connectivity index (χ1n) is 8.07. The van der Waals surface area contributed by atoms with E-state index < -0.39 is 0 Å². The van der Waals surface area contributed by atoms with Crippen LogP contribution in [0.1, 0.15) is 39.2 Å². The van der Waals surface area contributed by atoms with Crippen LogP contribution in [0.4, 0.5) is 0 Å². The van der Waals surface area contributed by atoms with Crippen molar-refractivity contribution in [2.75, 3.05) is 26.7 Å². The molecule has 0 saturated heterocycles. The van der Waals surface area contributed by atoms with Gasteiger partial charge in [-0.1, -0.05) is 39.0 Å². The van der Waals surface area contributed by atoms with Gasteiger partial charge >= 0.3 is 0 Å². The van der Waals surface area contributed by atoms with E-state index in [1.165, 1.54) is 18.4 Å². The highest BCUT2D eigenvalue weighted by Crippen LogP contribution is 2.22. The molecule has 21 heavy (non-hydrogen) atoms. The Morgan fingerprint density at radius 1 is 1.24 bits per heavy atom. The van der Waals surface area contributed by atoms with Gasteiger partial charge < -0.3 is 15.0 Å². The average Bonchev–Trinajstić information content (AvgIpc) is 3.19. The molecule has 0 unspecified atom stereocenters. The summed E-state index contributed by atoms with van der Waals surface area (Å²) in [6, 6.07) is 9.10. The van der Waals surface area contributed by atoms with Crippen molar-refractivity contribution in [1.29, 1.82) is 0 Å². The van der Waals surface area contributed by atoms with Crippen molar-refractivity contribution in [3.05, 3.63) is 29.8 Å². The zero-order chi connectivity index (χ0) is 15.3. The molecule has 1 aliphatic rings. The normalized spacial score (nSPS) is 15.5. The quantitative estimate of drug-likeness (QED) is 0.795. The highest BCUT2D eigenvalue weighted by molar-refractivity contribution is 5.33. The smallest absolute Gasteiger partial charge is 0.123 e. The van der Waals surface area contributed by atoms with Gasteiger partial charge in [0.15, 0.2) is 0 Å². The monoisotopic (exact) mass is 290 g/mol. The highest BCUT2D eigenvalue weighted by atomic mass is 16.5. The van der Waals surface area contributed by atoms with Gasteiger partial charge in [-0.25, -0.2) is 0 Å². The molecule has 0 aliphatic heterocycles. The number of para-hydroxylation sites is 1. The molecule has 0 heterocycles. The van der Waals surface area contributed by atoms with E-state index in [4.69, 9.17) is 4.74 Å². The second-order valence-electron chi connectivity index (χ2n) is 7.41. The first-order chi connectivity index (χ1) is 9.94. The van der Waals surface area contributed by atoms with Crippen LogP contribution < -0.4 is 10.1 Å². The number of hydrogen-bond acceptors (Lipinski definition) is 3. The lowest BCUT2D eigenvalue weighted by atomic mass is 9.96. The van der Waals surface area contributed by atoms with Crippen molar-refractivity contribution in [2.24, 2.45) is 5.41 Å². The molecule has 0 aromatic heterocycles. The molecule has 0 spiro atoms. The molecule has 0 bridgehead atoms. The second-order valence-corrected chi connectivity index (χ2v) is 7.41. The summed E-state index contributed by atoms with van der Waals surface area (Å²) in [6.07, 6.45) is 2.64. The lowest BCUT2D eigenvalue weighted by Crippen LogP contribution is -2.32. The topological polar surface area (TPSA) is 24.5 Å². The summed E-state index contributed by atoms with van der Waals surface area (Å²) in [5, 5.41) is 3.55. The van der Waals surface area contributed by atoms with Crippen molar-refractivity contribution in [3.63, 3.8) is 0 Å². The van der Waals surface area contributed by atoms with E-state index in [2.05, 4.69) is 62.3 Å². The van der Waals surface area contributed by atoms with Crippen LogP contribution >= 0.6 is 0 Å². The zero-order valence-corrected chi connectivity index (χ0v) is 14.0. The van der Waals surface area contributed by atoms with Crippen molar-refractivity contribution in [3.8, 4) is 5.75 Å². The molecule has 3 heteroatoms. The summed E-state index contributed by atoms with van der Waals surface area (Å²) in [4.78, 5) is 2.34. The molecule has 0 radical (unpaired) electrons. The predicted molar refractivity (Wildman–Crippen MR) is 88.8 cm³/mol. The standard InChI is InChI=1S/C18H30N2O/c1-18(2,3)14-20(4)11-12-21-17-8-6-5-7-15(17)13-19-16-9-10-16/h5-8,16,19H,9-14H2,1-4H3. The molecule has 1 N–H and O–H groups in total. The molecule has 1 aromatic rings. The van der Waals surface area contributed by atoms with Gasteiger partial charge in [-0.2, -0.15) is 0 Å². The minimum Gasteiger partial charge on any atom is -0.492 e. The average molecular weight is 290 g/mol. The summed E-state index contributed by atoms with van der Waals surface area (Å²) >= 11 is 0. The third-order valence-electron chi connectivity index (χ3n) is 3.61. The second kappa shape index (κ2) is 7.28. The summed E-state index contributed by atoms with van der Waals surface area (Å²) in [5.41, 5.74) is 1.60. The molecule has 0 atom stereocenters. The van der Waals surface area contributed by atoms with Crippen LogP contribution in [0.2, 0.25) is 0 Å². The SMILES string of the molecule is CN(CCOc1ccccc1CNC1CC1)CC(C)(C)C. The van der Waals surface area contributed by atoms with E-state index in [0.29, 0.717) is 5.41 Å². The molecule has 1 fully saturated rings. The predicted octanol–water partition coefficient (Wildman–Crippen LogP) is 3.30. The first kappa shape index (κ1) is 16.3. The fraction of sp³-hybridized carbons (Fsp3) is 0.667. The lowest BCUT2D eigenvalue weighted by Gasteiger charge is -2.26. The van der Waals surface area contributed by atoms with Gasteiger partial charge in [-0.15, -0.1) is 0 Å². The number of nitrogens with zero attached hydrogens (tertiary/aromatic N) is 1. The highest BCUT2D eigenvalue weighted by Gasteiger charge is 2.20. The van der Waals surface area contributed by atoms with E-state index in [9.17, 15) is 0 Å². The Hall–Kier alpha value is -1.06. The Labute approximate surface area is 129 Å². The fourth-order valence-electron chi connectivity index (χ4n) is 2.53. The Balaban J connectivity index is 1.76. The molecule has 118 valence electrons. The van der Waals surface area contributed by atoms with Crippen molar-refractivity contribution in [2.45, 2.75) is 46.2 Å². The molecular formula is C18H30N2O. The molecule has 1 aliphatic carbocycles. The lowest BCUT2D eigenvalue weighted by molar-refractivity contribution is 0.187. The number of hydrogen-bond donors (Lipinski definition) is 1. The van der Waals surface area contributed by atoms with Gasteiger partial charge in [-0.05, 0) is 31.4 Å². The van der Waals surface area contributed by atoms with Crippen LogP contribution in [0.15, 0.2) is 24.3 Å². The number of likely N-dealkylation sites (N-methyl/N-ethyl adjacent to an activating group) is 1. The van der Waals surface area contributed by atoms with E-state index >= 15 is 0 Å². The number of benzene rings is 1. The summed E-state index contributed by atoms with van der Waals surface area (Å²) < 4.78 is 5.99. The summed E-state index contributed by atoms with van der Waals surface area (Å²) in [7, 11) is 2.16. The maximum atomic E-state index is 5.99. The molecule has 3 nitrogen and oxygen atoms in total. The van der Waals surface area contributed by atoms with E-state index in [1.54, 1.807) is 0 Å². The summed E-state index contributed by atoms with van der Waals surface area (Å²) in [5.74, 6) is 1.02. The molecule has 1 saturated carbocycles. The van der Waals surface area contributed by atoms with Crippen molar-refractivity contribution in [1.82, 2.24) is 10.2 Å². The van der Waals surface area contributed by atoms with Gasteiger partial charge in [-0.3, -0.25) is 0 Å². The zero-order valence-electron chi connectivity index (χ0n) is 14.0. The third-order valence-corrected chi connectivity index (χ3v) is 3.61. The Morgan fingerprint density at radius 3 is 2.62 bits per heavy atom. The van der Waals surface area contributed by atoms with Crippen LogP contribution in [0.3, 0.4) is 0 Å². The van der Waals surface area contributed by atoms with Crippen LogP contribution in [-0.2, 0) is 6.54 Å². The van der Waals surface area contributed by atoms with Gasteiger partial charge in [0, 0.05) is 31.2 Å². The van der Waals surface area contributed by atoms with Crippen LogP contribution in [0.25, 0.3) is 0 Å². The van der Waals surface area contributed by atoms with Gasteiger partial charge in [0.1, 0.15) is 12.4 Å². The maximum Gasteiger partial charge on any atom is 0.123 e. The Morgan fingerprint density at radius 2 is 1.95 bits per heavy atom. The van der Waals surface area contributed by atoms with E-state index in [1.807, 2.05) is 0 Å². The first-order valence-corrected chi connectivity index (χ1v) is 8.07. The van der Waals surface area contributed by atoms with Gasteiger partial charge in [0.2, 0.25) is 0 Å². The third kappa shape index (κ3) is 6.49. The molecular weight excluding hydrogens is 260 g/mol. The molecule has 0 amide bonds. The number of ether oxygens (including phenoxy) is 1. The Bertz CT molecular complexity index is 435. The molecule has 1 aromatic carbocycles. The van der Waals surface area contributed by atoms with E-state index in [0.717, 1.165) is 38.0 Å². The summed E-state index contributed by atoms with van der Waals surface area (Å²) in [6.45, 7) is 10.5. The van der Waals surface area contributed by atoms with Crippen molar-refractivity contribution < 1.29 is 4.74 Å². The number of nitrogens with one attached hydrogen (secondary N) is 1. The maximum absolute atomic E-state index is 5.99.